The minimum Gasteiger partial charge on any atom is -0.497 e. The number of benzene rings is 1. The molecule has 104 valence electrons. The van der Waals surface area contributed by atoms with Crippen LogP contribution in [0.5, 0.6) is 5.75 Å². The SMILES string of the molecule is COc1ccc(NCc2c(C)nc3sc(C)cn23)cc1. The summed E-state index contributed by atoms with van der Waals surface area (Å²) in [5, 5.41) is 3.43. The summed E-state index contributed by atoms with van der Waals surface area (Å²) in [5.41, 5.74) is 3.37. The van der Waals surface area contributed by atoms with Gasteiger partial charge in [-0.15, -0.1) is 11.3 Å². The van der Waals surface area contributed by atoms with Gasteiger partial charge in [-0.3, -0.25) is 4.40 Å². The quantitative estimate of drug-likeness (QED) is 0.796. The summed E-state index contributed by atoms with van der Waals surface area (Å²) in [6.07, 6.45) is 2.14. The van der Waals surface area contributed by atoms with Gasteiger partial charge in [-0.05, 0) is 38.1 Å². The number of imidazole rings is 1. The van der Waals surface area contributed by atoms with Crippen molar-refractivity contribution in [2.24, 2.45) is 0 Å². The van der Waals surface area contributed by atoms with Gasteiger partial charge in [0.1, 0.15) is 5.75 Å². The third-order valence-corrected chi connectivity index (χ3v) is 4.19. The molecule has 0 unspecified atom stereocenters. The zero-order valence-electron chi connectivity index (χ0n) is 11.8. The Hall–Kier alpha value is -2.01. The molecule has 0 spiro atoms. The van der Waals surface area contributed by atoms with Crippen LogP contribution in [-0.2, 0) is 6.54 Å². The zero-order valence-corrected chi connectivity index (χ0v) is 12.6. The van der Waals surface area contributed by atoms with Gasteiger partial charge in [-0.25, -0.2) is 4.98 Å². The van der Waals surface area contributed by atoms with E-state index in [4.69, 9.17) is 4.74 Å². The molecule has 3 rings (SSSR count). The topological polar surface area (TPSA) is 38.6 Å². The van der Waals surface area contributed by atoms with Gasteiger partial charge in [0.2, 0.25) is 0 Å². The second-order valence-corrected chi connectivity index (χ2v) is 5.93. The van der Waals surface area contributed by atoms with Gasteiger partial charge in [-0.2, -0.15) is 0 Å². The van der Waals surface area contributed by atoms with Crippen LogP contribution in [0.2, 0.25) is 0 Å². The molecule has 20 heavy (non-hydrogen) atoms. The number of aryl methyl sites for hydroxylation is 2. The number of anilines is 1. The fraction of sp³-hybridized carbons (Fsp3) is 0.267. The average Bonchev–Trinajstić information content (AvgIpc) is 2.92. The van der Waals surface area contributed by atoms with Crippen LogP contribution in [0.4, 0.5) is 5.69 Å². The van der Waals surface area contributed by atoms with Crippen molar-refractivity contribution in [1.82, 2.24) is 9.38 Å². The Bertz CT molecular complexity index is 727. The number of hydrogen-bond donors (Lipinski definition) is 1. The van der Waals surface area contributed by atoms with Gasteiger partial charge in [-0.1, -0.05) is 0 Å². The number of nitrogens with one attached hydrogen (secondary N) is 1. The third-order valence-electron chi connectivity index (χ3n) is 3.29. The number of methoxy groups -OCH3 is 1. The van der Waals surface area contributed by atoms with Gasteiger partial charge >= 0.3 is 0 Å². The van der Waals surface area contributed by atoms with E-state index >= 15 is 0 Å². The van der Waals surface area contributed by atoms with Crippen molar-refractivity contribution in [3.63, 3.8) is 0 Å². The molecule has 4 nitrogen and oxygen atoms in total. The summed E-state index contributed by atoms with van der Waals surface area (Å²) in [4.78, 5) is 6.93. The van der Waals surface area contributed by atoms with Crippen LogP contribution in [0.3, 0.4) is 0 Å². The zero-order chi connectivity index (χ0) is 14.1. The first-order chi connectivity index (χ1) is 9.67. The van der Waals surface area contributed by atoms with Crippen LogP contribution in [0.25, 0.3) is 4.96 Å². The number of nitrogens with zero attached hydrogens (tertiary/aromatic N) is 2. The maximum atomic E-state index is 5.16. The first kappa shape index (κ1) is 13.0. The Kier molecular flexibility index (Phi) is 3.36. The predicted octanol–water partition coefficient (Wildman–Crippen LogP) is 3.63. The molecule has 2 heterocycles. The molecule has 0 fully saturated rings. The van der Waals surface area contributed by atoms with Crippen molar-refractivity contribution in [2.45, 2.75) is 20.4 Å². The van der Waals surface area contributed by atoms with Gasteiger partial charge < -0.3 is 10.1 Å². The summed E-state index contributed by atoms with van der Waals surface area (Å²) in [6, 6.07) is 7.95. The average molecular weight is 287 g/mol. The minimum atomic E-state index is 0.759. The van der Waals surface area contributed by atoms with Crippen LogP contribution in [0.1, 0.15) is 16.3 Å². The minimum absolute atomic E-state index is 0.759. The number of thiazole rings is 1. The summed E-state index contributed by atoms with van der Waals surface area (Å²) >= 11 is 1.72. The van der Waals surface area contributed by atoms with E-state index in [-0.39, 0.29) is 0 Å². The van der Waals surface area contributed by atoms with Crippen molar-refractivity contribution in [2.75, 3.05) is 12.4 Å². The monoisotopic (exact) mass is 287 g/mol. The Morgan fingerprint density at radius 1 is 1.25 bits per heavy atom. The second-order valence-electron chi connectivity index (χ2n) is 4.72. The molecule has 0 aliphatic carbocycles. The van der Waals surface area contributed by atoms with Crippen LogP contribution in [-0.4, -0.2) is 16.5 Å². The van der Waals surface area contributed by atoms with E-state index < -0.39 is 0 Å². The molecule has 0 radical (unpaired) electrons. The number of aromatic nitrogens is 2. The standard InChI is InChI=1S/C15H17N3OS/c1-10-9-18-14(11(2)17-15(18)20-10)8-16-12-4-6-13(19-3)7-5-12/h4-7,9,16H,8H2,1-3H3. The summed E-state index contributed by atoms with van der Waals surface area (Å²) in [5.74, 6) is 0.868. The molecular weight excluding hydrogens is 270 g/mol. The lowest BCUT2D eigenvalue weighted by Gasteiger charge is -2.07. The van der Waals surface area contributed by atoms with Crippen molar-refractivity contribution < 1.29 is 4.74 Å². The van der Waals surface area contributed by atoms with E-state index in [1.165, 1.54) is 10.6 Å². The molecule has 3 aromatic rings. The van der Waals surface area contributed by atoms with E-state index in [2.05, 4.69) is 34.7 Å². The lowest BCUT2D eigenvalue weighted by Crippen LogP contribution is -2.03. The van der Waals surface area contributed by atoms with Crippen LogP contribution >= 0.6 is 11.3 Å². The number of rotatable bonds is 4. The van der Waals surface area contributed by atoms with Gasteiger partial charge in [0.25, 0.3) is 0 Å². The van der Waals surface area contributed by atoms with Crippen LogP contribution < -0.4 is 10.1 Å². The first-order valence-corrected chi connectivity index (χ1v) is 7.31. The van der Waals surface area contributed by atoms with E-state index in [0.29, 0.717) is 0 Å². The van der Waals surface area contributed by atoms with Crippen molar-refractivity contribution in [1.29, 1.82) is 0 Å². The molecule has 0 aliphatic rings. The molecule has 0 bridgehead atoms. The first-order valence-electron chi connectivity index (χ1n) is 6.49. The molecule has 2 aromatic heterocycles. The Labute approximate surface area is 122 Å². The van der Waals surface area contributed by atoms with Crippen molar-refractivity contribution in [3.05, 3.63) is 46.7 Å². The summed E-state index contributed by atoms with van der Waals surface area (Å²) in [7, 11) is 1.67. The highest BCUT2D eigenvalue weighted by molar-refractivity contribution is 7.17. The maximum Gasteiger partial charge on any atom is 0.194 e. The van der Waals surface area contributed by atoms with Crippen molar-refractivity contribution >= 4 is 22.0 Å². The molecule has 5 heteroatoms. The van der Waals surface area contributed by atoms with E-state index in [0.717, 1.165) is 28.6 Å². The molecule has 0 saturated heterocycles. The van der Waals surface area contributed by atoms with Crippen LogP contribution in [0, 0.1) is 13.8 Å². The van der Waals surface area contributed by atoms with Crippen molar-refractivity contribution in [3.8, 4) is 5.75 Å². The molecule has 0 aliphatic heterocycles. The Morgan fingerprint density at radius 2 is 2.00 bits per heavy atom. The third kappa shape index (κ3) is 2.36. The van der Waals surface area contributed by atoms with Crippen LogP contribution in [0.15, 0.2) is 30.5 Å². The Balaban J connectivity index is 1.80. The fourth-order valence-corrected chi connectivity index (χ4v) is 3.11. The smallest absolute Gasteiger partial charge is 0.194 e. The molecular formula is C15H17N3OS. The molecule has 1 N–H and O–H groups in total. The highest BCUT2D eigenvalue weighted by atomic mass is 32.1. The number of ether oxygens (including phenoxy) is 1. The molecule has 0 atom stereocenters. The van der Waals surface area contributed by atoms with E-state index in [9.17, 15) is 0 Å². The highest BCUT2D eigenvalue weighted by Gasteiger charge is 2.10. The fourth-order valence-electron chi connectivity index (χ4n) is 2.22. The molecule has 0 amide bonds. The van der Waals surface area contributed by atoms with Gasteiger partial charge in [0, 0.05) is 16.8 Å². The van der Waals surface area contributed by atoms with Gasteiger partial charge in [0.05, 0.1) is 25.0 Å². The van der Waals surface area contributed by atoms with E-state index in [1.807, 2.05) is 24.3 Å². The molecule has 1 aromatic carbocycles. The Morgan fingerprint density at radius 3 is 2.70 bits per heavy atom. The normalized spacial score (nSPS) is 10.9. The molecule has 0 saturated carbocycles. The predicted molar refractivity (Wildman–Crippen MR) is 82.9 cm³/mol. The lowest BCUT2D eigenvalue weighted by atomic mass is 10.3. The van der Waals surface area contributed by atoms with E-state index in [1.54, 1.807) is 18.4 Å². The highest BCUT2D eigenvalue weighted by Crippen LogP contribution is 2.22. The summed E-state index contributed by atoms with van der Waals surface area (Å²) < 4.78 is 7.33. The largest absolute Gasteiger partial charge is 0.497 e. The number of hydrogen-bond acceptors (Lipinski definition) is 4. The number of fused-ring (bicyclic) bond motifs is 1. The lowest BCUT2D eigenvalue weighted by molar-refractivity contribution is 0.415. The second kappa shape index (κ2) is 5.17. The summed E-state index contributed by atoms with van der Waals surface area (Å²) in [6.45, 7) is 4.92. The van der Waals surface area contributed by atoms with Gasteiger partial charge in [0.15, 0.2) is 4.96 Å². The maximum absolute atomic E-state index is 5.16.